The number of carbonyl (C=O) groups is 3. The third-order valence-corrected chi connectivity index (χ3v) is 1.75. The van der Waals surface area contributed by atoms with Crippen LogP contribution in [0, 0.1) is 5.92 Å². The van der Waals surface area contributed by atoms with Gasteiger partial charge in [-0.25, -0.2) is 4.79 Å². The molecule has 2 aliphatic rings. The summed E-state index contributed by atoms with van der Waals surface area (Å²) in [6.45, 7) is 0. The van der Waals surface area contributed by atoms with Crippen LogP contribution in [-0.2, 0) is 23.9 Å². The molecule has 11 heavy (non-hydrogen) atoms. The standard InChI is InChI=1S/C6H4O5/c7-3-1-2-4(10-3)6(9)11-5(2)8/h2,4H,1H2/t2?,4-/m1/s1. The van der Waals surface area contributed by atoms with Gasteiger partial charge in [0.05, 0.1) is 6.42 Å². The van der Waals surface area contributed by atoms with Gasteiger partial charge in [-0.2, -0.15) is 0 Å². The fourth-order valence-electron chi connectivity index (χ4n) is 1.21. The van der Waals surface area contributed by atoms with E-state index in [-0.39, 0.29) is 6.42 Å². The Hall–Kier alpha value is -1.39. The van der Waals surface area contributed by atoms with Gasteiger partial charge in [-0.3, -0.25) is 9.59 Å². The van der Waals surface area contributed by atoms with Crippen LogP contribution >= 0.6 is 0 Å². The lowest BCUT2D eigenvalue weighted by atomic mass is 10.1. The number of hydrogen-bond donors (Lipinski definition) is 0. The molecule has 0 aromatic heterocycles. The van der Waals surface area contributed by atoms with Crippen LogP contribution < -0.4 is 0 Å². The first-order valence-electron chi connectivity index (χ1n) is 3.13. The van der Waals surface area contributed by atoms with Crippen molar-refractivity contribution in [3.8, 4) is 0 Å². The molecule has 0 amide bonds. The van der Waals surface area contributed by atoms with Crippen molar-refractivity contribution in [3.63, 3.8) is 0 Å². The highest BCUT2D eigenvalue weighted by Gasteiger charge is 2.52. The lowest BCUT2D eigenvalue weighted by Gasteiger charge is -1.97. The highest BCUT2D eigenvalue weighted by atomic mass is 16.6. The summed E-state index contributed by atoms with van der Waals surface area (Å²) in [7, 11) is 0. The summed E-state index contributed by atoms with van der Waals surface area (Å²) >= 11 is 0. The molecule has 0 N–H and O–H groups in total. The summed E-state index contributed by atoms with van der Waals surface area (Å²) < 4.78 is 8.76. The van der Waals surface area contributed by atoms with Crippen molar-refractivity contribution < 1.29 is 23.9 Å². The molecule has 58 valence electrons. The van der Waals surface area contributed by atoms with E-state index in [0.29, 0.717) is 0 Å². The van der Waals surface area contributed by atoms with Crippen LogP contribution in [0.4, 0.5) is 0 Å². The van der Waals surface area contributed by atoms with E-state index in [1.807, 2.05) is 0 Å². The van der Waals surface area contributed by atoms with Gasteiger partial charge in [0.1, 0.15) is 5.92 Å². The Morgan fingerprint density at radius 2 is 1.91 bits per heavy atom. The number of carbonyl (C=O) groups excluding carboxylic acids is 3. The predicted molar refractivity (Wildman–Crippen MR) is 29.1 cm³/mol. The van der Waals surface area contributed by atoms with Gasteiger partial charge in [0.15, 0.2) is 0 Å². The molecule has 0 radical (unpaired) electrons. The average Bonchev–Trinajstić information content (AvgIpc) is 2.38. The largest absolute Gasteiger partial charge is 0.449 e. The van der Waals surface area contributed by atoms with E-state index in [0.717, 1.165) is 0 Å². The topological polar surface area (TPSA) is 69.7 Å². The maximum Gasteiger partial charge on any atom is 0.356 e. The Labute approximate surface area is 61.3 Å². The molecule has 0 aromatic rings. The Morgan fingerprint density at radius 3 is 2.55 bits per heavy atom. The lowest BCUT2D eigenvalue weighted by Crippen LogP contribution is -2.19. The lowest BCUT2D eigenvalue weighted by molar-refractivity contribution is -0.161. The molecular formula is C6H4O5. The van der Waals surface area contributed by atoms with Crippen LogP contribution in [0.5, 0.6) is 0 Å². The minimum Gasteiger partial charge on any atom is -0.449 e. The molecule has 0 saturated carbocycles. The molecule has 5 heteroatoms. The molecule has 0 spiro atoms. The fraction of sp³-hybridized carbons (Fsp3) is 0.500. The van der Waals surface area contributed by atoms with Crippen LogP contribution in [0.1, 0.15) is 6.42 Å². The van der Waals surface area contributed by atoms with Crippen molar-refractivity contribution in [1.29, 1.82) is 0 Å². The van der Waals surface area contributed by atoms with Crippen molar-refractivity contribution in [1.82, 2.24) is 0 Å². The fourth-order valence-corrected chi connectivity index (χ4v) is 1.21. The first-order chi connectivity index (χ1) is 5.18. The smallest absolute Gasteiger partial charge is 0.356 e. The van der Waals surface area contributed by atoms with Gasteiger partial charge >= 0.3 is 17.9 Å². The molecule has 2 saturated heterocycles. The maximum absolute atomic E-state index is 10.7. The van der Waals surface area contributed by atoms with E-state index < -0.39 is 29.9 Å². The van der Waals surface area contributed by atoms with Crippen LogP contribution in [-0.4, -0.2) is 24.0 Å². The minimum atomic E-state index is -0.963. The van der Waals surface area contributed by atoms with Crippen molar-refractivity contribution in [2.75, 3.05) is 0 Å². The molecule has 2 rings (SSSR count). The van der Waals surface area contributed by atoms with Crippen molar-refractivity contribution >= 4 is 17.9 Å². The predicted octanol–water partition coefficient (Wildman–Crippen LogP) is -0.999. The molecule has 0 aromatic carbocycles. The van der Waals surface area contributed by atoms with Gasteiger partial charge < -0.3 is 9.47 Å². The monoisotopic (exact) mass is 156 g/mol. The molecule has 5 nitrogen and oxygen atoms in total. The summed E-state index contributed by atoms with van der Waals surface area (Å²) in [5.41, 5.74) is 0. The molecule has 2 heterocycles. The second kappa shape index (κ2) is 1.81. The Morgan fingerprint density at radius 1 is 1.18 bits per heavy atom. The Balaban J connectivity index is 2.29. The SMILES string of the molecule is O=C1CC2C(=O)OC(=O)[C@@H]2O1. The number of esters is 3. The van der Waals surface area contributed by atoms with Gasteiger partial charge in [-0.1, -0.05) is 0 Å². The van der Waals surface area contributed by atoms with Gasteiger partial charge in [-0.05, 0) is 0 Å². The number of rotatable bonds is 0. The number of ether oxygens (including phenoxy) is 2. The highest BCUT2D eigenvalue weighted by Crippen LogP contribution is 2.29. The second-order valence-electron chi connectivity index (χ2n) is 2.46. The Bertz CT molecular complexity index is 232. The number of hydrogen-bond acceptors (Lipinski definition) is 5. The summed E-state index contributed by atoms with van der Waals surface area (Å²) in [6.07, 6.45) is -0.995. The van der Waals surface area contributed by atoms with Crippen LogP contribution in [0.3, 0.4) is 0 Å². The van der Waals surface area contributed by atoms with E-state index in [1.54, 1.807) is 0 Å². The van der Waals surface area contributed by atoms with E-state index in [2.05, 4.69) is 9.47 Å². The third-order valence-electron chi connectivity index (χ3n) is 1.75. The summed E-state index contributed by atoms with van der Waals surface area (Å²) in [4.78, 5) is 32.0. The van der Waals surface area contributed by atoms with E-state index in [1.165, 1.54) is 0 Å². The quantitative estimate of drug-likeness (QED) is 0.332. The average molecular weight is 156 g/mol. The second-order valence-corrected chi connectivity index (χ2v) is 2.46. The van der Waals surface area contributed by atoms with Crippen LogP contribution in [0.15, 0.2) is 0 Å². The zero-order chi connectivity index (χ0) is 8.01. The van der Waals surface area contributed by atoms with E-state index in [4.69, 9.17) is 0 Å². The van der Waals surface area contributed by atoms with Crippen molar-refractivity contribution in [2.45, 2.75) is 12.5 Å². The zero-order valence-electron chi connectivity index (χ0n) is 5.40. The van der Waals surface area contributed by atoms with Crippen LogP contribution in [0.25, 0.3) is 0 Å². The summed E-state index contributed by atoms with van der Waals surface area (Å²) in [5.74, 6) is -2.59. The first-order valence-corrected chi connectivity index (χ1v) is 3.13. The van der Waals surface area contributed by atoms with Gasteiger partial charge in [0.25, 0.3) is 0 Å². The molecule has 2 atom stereocenters. The van der Waals surface area contributed by atoms with Crippen LogP contribution in [0.2, 0.25) is 0 Å². The van der Waals surface area contributed by atoms with Gasteiger partial charge in [-0.15, -0.1) is 0 Å². The Kier molecular flexibility index (Phi) is 1.04. The molecule has 0 aliphatic carbocycles. The summed E-state index contributed by atoms with van der Waals surface area (Å²) in [6, 6.07) is 0. The molecule has 0 bridgehead atoms. The molecule has 2 fully saturated rings. The maximum atomic E-state index is 10.7. The number of fused-ring (bicyclic) bond motifs is 1. The van der Waals surface area contributed by atoms with Crippen molar-refractivity contribution in [3.05, 3.63) is 0 Å². The zero-order valence-corrected chi connectivity index (χ0v) is 5.40. The minimum absolute atomic E-state index is 0.0325. The molecular weight excluding hydrogens is 152 g/mol. The summed E-state index contributed by atoms with van der Waals surface area (Å²) in [5, 5.41) is 0. The third kappa shape index (κ3) is 0.736. The highest BCUT2D eigenvalue weighted by molar-refractivity contribution is 6.02. The molecule has 1 unspecified atom stereocenters. The first kappa shape index (κ1) is 6.33. The van der Waals surface area contributed by atoms with Gasteiger partial charge in [0, 0.05) is 0 Å². The van der Waals surface area contributed by atoms with Crippen molar-refractivity contribution in [2.24, 2.45) is 5.92 Å². The van der Waals surface area contributed by atoms with E-state index in [9.17, 15) is 14.4 Å². The van der Waals surface area contributed by atoms with E-state index >= 15 is 0 Å². The number of cyclic esters (lactones) is 2. The molecule has 2 aliphatic heterocycles. The van der Waals surface area contributed by atoms with Gasteiger partial charge in [0.2, 0.25) is 6.10 Å². The normalized spacial score (nSPS) is 35.1.